The minimum atomic E-state index is -0.961. The van der Waals surface area contributed by atoms with Crippen LogP contribution in [0.3, 0.4) is 0 Å². The van der Waals surface area contributed by atoms with Gasteiger partial charge in [0.1, 0.15) is 6.10 Å². The standard InChI is InChI=1S/C12H26O.C4H6O2.C4H8O2.C3H8O3.Na/c1-2-3-4-5-6-7-8-9-10-11-12-13;1-3(2)4(5)6;1-2-3-4(5)6;4-1-3(6)2-5;/h13H,2-12H2,1H3;1H2,2H3,(H,5,6);2-3H2,1H3,(H,5,6);3-6H,1-2H2;/q;;;;+1/p-1. The van der Waals surface area contributed by atoms with E-state index in [4.69, 9.17) is 25.5 Å². The number of aliphatic hydroxyl groups is 4. The fraction of sp³-hybridized carbons (Fsp3) is 0.826. The third kappa shape index (κ3) is 57.0. The second-order valence-electron chi connectivity index (χ2n) is 7.13. The molecule has 0 aliphatic carbocycles. The van der Waals surface area contributed by atoms with Gasteiger partial charge in [-0.1, -0.05) is 84.6 Å². The number of hydrogen-bond donors (Lipinski definition) is 5. The molecule has 0 saturated heterocycles. The normalized spacial score (nSPS) is 9.12. The number of rotatable bonds is 15. The molecule has 0 spiro atoms. The van der Waals surface area contributed by atoms with Crippen molar-refractivity contribution in [1.82, 2.24) is 0 Å². The Hall–Kier alpha value is -0.480. The zero-order chi connectivity index (χ0) is 24.9. The molecule has 0 aliphatic rings. The van der Waals surface area contributed by atoms with Gasteiger partial charge in [0.2, 0.25) is 0 Å². The van der Waals surface area contributed by atoms with E-state index in [1.54, 1.807) is 6.92 Å². The second-order valence-corrected chi connectivity index (χ2v) is 7.13. The molecule has 0 radical (unpaired) electrons. The van der Waals surface area contributed by atoms with Gasteiger partial charge < -0.3 is 35.4 Å². The number of hydrogen-bond acceptors (Lipinski definition) is 7. The van der Waals surface area contributed by atoms with Gasteiger partial charge in [0.25, 0.3) is 0 Å². The van der Waals surface area contributed by atoms with E-state index >= 15 is 0 Å². The van der Waals surface area contributed by atoms with E-state index in [0.717, 1.165) is 6.42 Å². The molecule has 0 aromatic rings. The molecule has 0 amide bonds. The Morgan fingerprint density at radius 2 is 1.16 bits per heavy atom. The molecule has 0 unspecified atom stereocenters. The minimum Gasteiger partial charge on any atom is -0.550 e. The fourth-order valence-corrected chi connectivity index (χ4v) is 1.86. The molecule has 0 bridgehead atoms. The van der Waals surface area contributed by atoms with Gasteiger partial charge in [-0.25, -0.2) is 4.79 Å². The minimum absolute atomic E-state index is 0. The van der Waals surface area contributed by atoms with Gasteiger partial charge >= 0.3 is 35.5 Å². The predicted octanol–water partition coefficient (Wildman–Crippen LogP) is -0.581. The molecule has 0 atom stereocenters. The molecule has 9 heteroatoms. The summed E-state index contributed by atoms with van der Waals surface area (Å²) >= 11 is 0. The van der Waals surface area contributed by atoms with Crippen LogP contribution in [0.5, 0.6) is 0 Å². The molecule has 8 nitrogen and oxygen atoms in total. The summed E-state index contributed by atoms with van der Waals surface area (Å²) in [5.74, 6) is -1.90. The number of carboxylic acid groups (broad SMARTS) is 2. The Bertz CT molecular complexity index is 366. The number of unbranched alkanes of at least 4 members (excludes halogenated alkanes) is 9. The van der Waals surface area contributed by atoms with E-state index in [1.807, 2.05) is 0 Å². The second kappa shape index (κ2) is 37.8. The number of aliphatic carboxylic acids is 2. The summed E-state index contributed by atoms with van der Waals surface area (Å²) in [5.41, 5.74) is 0.176. The first-order chi connectivity index (χ1) is 14.6. The molecule has 0 rings (SSSR count). The van der Waals surface area contributed by atoms with Gasteiger partial charge in [-0.15, -0.1) is 0 Å². The first-order valence-electron chi connectivity index (χ1n) is 11.2. The van der Waals surface area contributed by atoms with Crippen molar-refractivity contribution in [1.29, 1.82) is 0 Å². The average Bonchev–Trinajstić information content (AvgIpc) is 2.73. The number of carbonyl (C=O) groups excluding carboxylic acids is 1. The van der Waals surface area contributed by atoms with Crippen molar-refractivity contribution in [2.75, 3.05) is 19.8 Å². The Balaban J connectivity index is -0.000000109. The molecule has 0 saturated carbocycles. The van der Waals surface area contributed by atoms with Gasteiger partial charge in [-0.3, -0.25) is 0 Å². The van der Waals surface area contributed by atoms with Crippen molar-refractivity contribution in [2.24, 2.45) is 0 Å². The van der Waals surface area contributed by atoms with Crippen molar-refractivity contribution >= 4 is 11.9 Å². The monoisotopic (exact) mass is 474 g/mol. The van der Waals surface area contributed by atoms with Crippen molar-refractivity contribution in [2.45, 2.75) is 104 Å². The van der Waals surface area contributed by atoms with Crippen LogP contribution >= 0.6 is 0 Å². The molecule has 0 heterocycles. The van der Waals surface area contributed by atoms with E-state index < -0.39 is 18.0 Å². The maximum atomic E-state index is 9.60. The molecule has 0 aromatic heterocycles. The first kappa shape index (κ1) is 41.7. The SMILES string of the molecule is C=C(C)C(=O)O.CCCC(=O)[O-].CCCCCCCCCCCCO.OCC(O)CO.[Na+]. The summed E-state index contributed by atoms with van der Waals surface area (Å²) in [7, 11) is 0. The summed E-state index contributed by atoms with van der Waals surface area (Å²) in [6.45, 7) is 8.30. The summed E-state index contributed by atoms with van der Waals surface area (Å²) in [6, 6.07) is 0. The van der Waals surface area contributed by atoms with Crippen LogP contribution in [-0.2, 0) is 9.59 Å². The fourth-order valence-electron chi connectivity index (χ4n) is 1.86. The van der Waals surface area contributed by atoms with Crippen LogP contribution in [0, 0.1) is 0 Å². The zero-order valence-electron chi connectivity index (χ0n) is 20.9. The van der Waals surface area contributed by atoms with Crippen LogP contribution in [0.15, 0.2) is 12.2 Å². The first-order valence-corrected chi connectivity index (χ1v) is 11.2. The molecule has 0 aliphatic heterocycles. The third-order valence-electron chi connectivity index (χ3n) is 3.75. The summed E-state index contributed by atoms with van der Waals surface area (Å²) < 4.78 is 0. The molecule has 5 N–H and O–H groups in total. The maximum absolute atomic E-state index is 9.60. The van der Waals surface area contributed by atoms with E-state index in [9.17, 15) is 14.7 Å². The van der Waals surface area contributed by atoms with Crippen molar-refractivity contribution in [3.63, 3.8) is 0 Å². The molecule has 32 heavy (non-hydrogen) atoms. The maximum Gasteiger partial charge on any atom is 1.00 e. The molecular formula is C23H47NaO8. The summed E-state index contributed by atoms with van der Waals surface area (Å²) in [4.78, 5) is 19.1. The number of carbonyl (C=O) groups is 2. The van der Waals surface area contributed by atoms with E-state index in [-0.39, 0.29) is 54.8 Å². The zero-order valence-corrected chi connectivity index (χ0v) is 22.9. The third-order valence-corrected chi connectivity index (χ3v) is 3.75. The van der Waals surface area contributed by atoms with Gasteiger partial charge in [-0.05, 0) is 19.8 Å². The molecule has 0 fully saturated rings. The van der Waals surface area contributed by atoms with Crippen LogP contribution in [0.25, 0.3) is 0 Å². The summed E-state index contributed by atoms with van der Waals surface area (Å²) in [6.07, 6.45) is 13.2. The van der Waals surface area contributed by atoms with Gasteiger partial charge in [0.15, 0.2) is 0 Å². The summed E-state index contributed by atoms with van der Waals surface area (Å²) in [5, 5.41) is 50.0. The molecule has 188 valence electrons. The van der Waals surface area contributed by atoms with Crippen LogP contribution in [0.1, 0.15) is 97.8 Å². The van der Waals surface area contributed by atoms with Gasteiger partial charge in [0, 0.05) is 18.1 Å². The Labute approximate surface area is 217 Å². The van der Waals surface area contributed by atoms with Crippen LogP contribution in [-0.4, -0.2) is 63.4 Å². The molecule has 0 aromatic carbocycles. The topological polar surface area (TPSA) is 158 Å². The van der Waals surface area contributed by atoms with E-state index in [0.29, 0.717) is 13.0 Å². The van der Waals surface area contributed by atoms with Crippen molar-refractivity contribution < 1.29 is 69.8 Å². The van der Waals surface area contributed by atoms with Gasteiger partial charge in [0.05, 0.1) is 13.2 Å². The van der Waals surface area contributed by atoms with Crippen LogP contribution in [0.4, 0.5) is 0 Å². The van der Waals surface area contributed by atoms with E-state index in [2.05, 4.69) is 13.5 Å². The van der Waals surface area contributed by atoms with E-state index in [1.165, 1.54) is 64.7 Å². The van der Waals surface area contributed by atoms with Crippen molar-refractivity contribution in [3.05, 3.63) is 12.2 Å². The largest absolute Gasteiger partial charge is 1.00 e. The Kier molecular flexibility index (Phi) is 49.3. The smallest absolute Gasteiger partial charge is 0.550 e. The predicted molar refractivity (Wildman–Crippen MR) is 121 cm³/mol. The Morgan fingerprint density at radius 1 is 0.812 bits per heavy atom. The quantitative estimate of drug-likeness (QED) is 0.120. The van der Waals surface area contributed by atoms with Gasteiger partial charge in [-0.2, -0.15) is 0 Å². The Morgan fingerprint density at radius 3 is 1.31 bits per heavy atom. The van der Waals surface area contributed by atoms with Crippen LogP contribution in [0.2, 0.25) is 0 Å². The van der Waals surface area contributed by atoms with Crippen molar-refractivity contribution in [3.8, 4) is 0 Å². The number of aliphatic hydroxyl groups excluding tert-OH is 4. The van der Waals surface area contributed by atoms with Crippen LogP contribution < -0.4 is 34.7 Å². The number of carboxylic acids is 2. The molecular weight excluding hydrogens is 427 g/mol. The average molecular weight is 475 g/mol.